The molecule has 0 spiro atoms. The Kier molecular flexibility index (Phi) is 7.12. The summed E-state index contributed by atoms with van der Waals surface area (Å²) < 4.78 is 26.6. The second-order valence-electron chi connectivity index (χ2n) is 5.63. The number of anilines is 1. The van der Waals surface area contributed by atoms with Crippen LogP contribution in [0.25, 0.3) is 0 Å². The molecule has 0 atom stereocenters. The predicted molar refractivity (Wildman–Crippen MR) is 101 cm³/mol. The maximum atomic E-state index is 12.1. The van der Waals surface area contributed by atoms with Crippen LogP contribution in [0.15, 0.2) is 41.3 Å². The number of carbonyl (C=O) groups excluding carboxylic acids is 1. The van der Waals surface area contributed by atoms with Crippen molar-refractivity contribution in [3.8, 4) is 0 Å². The summed E-state index contributed by atoms with van der Waals surface area (Å²) in [6.45, 7) is 2.45. The molecule has 1 aromatic carbocycles. The van der Waals surface area contributed by atoms with Crippen LogP contribution >= 0.6 is 11.3 Å². The van der Waals surface area contributed by atoms with E-state index in [1.54, 1.807) is 23.5 Å². The quantitative estimate of drug-likeness (QED) is 0.620. The normalized spacial score (nSPS) is 11.4. The van der Waals surface area contributed by atoms with Crippen LogP contribution < -0.4 is 15.8 Å². The zero-order chi connectivity index (χ0) is 18.3. The predicted octanol–water partition coefficient (Wildman–Crippen LogP) is 2.25. The summed E-state index contributed by atoms with van der Waals surface area (Å²) in [5.74, 6) is -0.127. The number of aryl methyl sites for hydroxylation is 2. The lowest BCUT2D eigenvalue weighted by atomic mass is 10.2. The molecule has 2 rings (SSSR count). The fourth-order valence-electron chi connectivity index (χ4n) is 2.28. The topological polar surface area (TPSA) is 101 Å². The van der Waals surface area contributed by atoms with Gasteiger partial charge in [-0.2, -0.15) is 0 Å². The lowest BCUT2D eigenvalue weighted by Gasteiger charge is -2.09. The van der Waals surface area contributed by atoms with E-state index in [1.807, 2.05) is 0 Å². The van der Waals surface area contributed by atoms with Crippen molar-refractivity contribution in [2.45, 2.75) is 31.1 Å². The summed E-state index contributed by atoms with van der Waals surface area (Å²) in [6, 6.07) is 10.3. The van der Waals surface area contributed by atoms with Gasteiger partial charge in [-0.3, -0.25) is 4.79 Å². The highest BCUT2D eigenvalue weighted by Crippen LogP contribution is 2.18. The highest BCUT2D eigenvalue weighted by Gasteiger charge is 2.14. The Morgan fingerprint density at radius 2 is 2.04 bits per heavy atom. The molecule has 8 heteroatoms. The van der Waals surface area contributed by atoms with E-state index in [9.17, 15) is 13.2 Å². The lowest BCUT2D eigenvalue weighted by Crippen LogP contribution is -2.29. The zero-order valence-corrected chi connectivity index (χ0v) is 15.8. The van der Waals surface area contributed by atoms with Crippen LogP contribution in [-0.4, -0.2) is 27.4 Å². The molecule has 4 N–H and O–H groups in total. The fourth-order valence-corrected chi connectivity index (χ4v) is 4.31. The van der Waals surface area contributed by atoms with Crippen LogP contribution in [0.4, 0.5) is 5.69 Å². The van der Waals surface area contributed by atoms with Crippen LogP contribution in [0.1, 0.15) is 22.6 Å². The summed E-state index contributed by atoms with van der Waals surface area (Å²) in [6.07, 6.45) is 2.00. The van der Waals surface area contributed by atoms with Crippen molar-refractivity contribution in [3.05, 3.63) is 46.2 Å². The number of nitrogens with two attached hydrogens (primary N) is 1. The van der Waals surface area contributed by atoms with Crippen molar-refractivity contribution < 1.29 is 13.2 Å². The molecule has 0 aliphatic heterocycles. The Morgan fingerprint density at radius 3 is 2.72 bits per heavy atom. The molecular formula is C17H23N3O3S2. The number of amides is 1. The minimum atomic E-state index is -3.61. The summed E-state index contributed by atoms with van der Waals surface area (Å²) in [4.78, 5) is 14.7. The van der Waals surface area contributed by atoms with E-state index in [0.717, 1.165) is 12.8 Å². The first-order valence-electron chi connectivity index (χ1n) is 8.05. The van der Waals surface area contributed by atoms with Gasteiger partial charge in [0.1, 0.15) is 0 Å². The van der Waals surface area contributed by atoms with E-state index in [4.69, 9.17) is 5.73 Å². The molecule has 2 aromatic rings. The van der Waals surface area contributed by atoms with E-state index >= 15 is 0 Å². The number of nitrogens with one attached hydrogen (secondary N) is 2. The van der Waals surface area contributed by atoms with Crippen LogP contribution in [0.2, 0.25) is 0 Å². The van der Waals surface area contributed by atoms with Gasteiger partial charge >= 0.3 is 0 Å². The first kappa shape index (κ1) is 19.6. The second-order valence-corrected chi connectivity index (χ2v) is 8.77. The smallest absolute Gasteiger partial charge is 0.240 e. The third-order valence-corrected chi connectivity index (χ3v) is 6.01. The standard InChI is InChI=1S/C17H23N3O3S2/c1-13-8-9-15(24-13)5-3-7-17(21)20-14-4-2-6-16(12-14)25(22,23)19-11-10-18/h2,4,6,8-9,12,19H,3,5,7,10-11,18H2,1H3,(H,20,21). The van der Waals surface area contributed by atoms with Gasteiger partial charge in [0.25, 0.3) is 0 Å². The molecule has 25 heavy (non-hydrogen) atoms. The minimum Gasteiger partial charge on any atom is -0.329 e. The number of sulfonamides is 1. The minimum absolute atomic E-state index is 0.104. The molecule has 0 saturated heterocycles. The monoisotopic (exact) mass is 381 g/mol. The van der Waals surface area contributed by atoms with Gasteiger partial charge in [-0.1, -0.05) is 6.07 Å². The Bertz CT molecular complexity index is 816. The average molecular weight is 382 g/mol. The van der Waals surface area contributed by atoms with E-state index in [1.165, 1.54) is 21.9 Å². The molecule has 1 heterocycles. The molecule has 1 amide bonds. The molecule has 0 aliphatic rings. The summed E-state index contributed by atoms with van der Waals surface area (Å²) in [5, 5.41) is 2.75. The van der Waals surface area contributed by atoms with E-state index < -0.39 is 10.0 Å². The Balaban J connectivity index is 1.89. The van der Waals surface area contributed by atoms with Gasteiger partial charge in [-0.25, -0.2) is 13.1 Å². The van der Waals surface area contributed by atoms with Crippen molar-refractivity contribution >= 4 is 33.0 Å². The maximum absolute atomic E-state index is 12.1. The molecule has 6 nitrogen and oxygen atoms in total. The van der Waals surface area contributed by atoms with Crippen LogP contribution in [0.5, 0.6) is 0 Å². The van der Waals surface area contributed by atoms with Crippen LogP contribution in [0, 0.1) is 6.92 Å². The number of thiophene rings is 1. The number of benzene rings is 1. The largest absolute Gasteiger partial charge is 0.329 e. The Morgan fingerprint density at radius 1 is 1.24 bits per heavy atom. The van der Waals surface area contributed by atoms with Gasteiger partial charge in [0.15, 0.2) is 0 Å². The highest BCUT2D eigenvalue weighted by atomic mass is 32.2. The molecular weight excluding hydrogens is 358 g/mol. The SMILES string of the molecule is Cc1ccc(CCCC(=O)Nc2cccc(S(=O)(=O)NCCN)c2)s1. The van der Waals surface area contributed by atoms with Crippen LogP contribution in [-0.2, 0) is 21.2 Å². The van der Waals surface area contributed by atoms with Gasteiger partial charge in [0.2, 0.25) is 15.9 Å². The molecule has 0 bridgehead atoms. The summed E-state index contributed by atoms with van der Waals surface area (Å²) in [5.41, 5.74) is 5.78. The highest BCUT2D eigenvalue weighted by molar-refractivity contribution is 7.89. The van der Waals surface area contributed by atoms with Gasteiger partial charge in [0, 0.05) is 35.0 Å². The molecule has 1 aromatic heterocycles. The van der Waals surface area contributed by atoms with E-state index in [2.05, 4.69) is 29.1 Å². The number of hydrogen-bond acceptors (Lipinski definition) is 5. The van der Waals surface area contributed by atoms with Crippen LogP contribution in [0.3, 0.4) is 0 Å². The molecule has 0 radical (unpaired) electrons. The maximum Gasteiger partial charge on any atom is 0.240 e. The average Bonchev–Trinajstić information content (AvgIpc) is 2.98. The third kappa shape index (κ3) is 6.24. The van der Waals surface area contributed by atoms with Gasteiger partial charge in [-0.15, -0.1) is 11.3 Å². The lowest BCUT2D eigenvalue weighted by molar-refractivity contribution is -0.116. The molecule has 0 unspecified atom stereocenters. The first-order chi connectivity index (χ1) is 11.9. The Labute approximate surface area is 152 Å². The van der Waals surface area contributed by atoms with Gasteiger partial charge in [-0.05, 0) is 50.1 Å². The van der Waals surface area contributed by atoms with Gasteiger partial charge in [0.05, 0.1) is 4.90 Å². The first-order valence-corrected chi connectivity index (χ1v) is 10.4. The number of rotatable bonds is 9. The third-order valence-electron chi connectivity index (χ3n) is 3.49. The van der Waals surface area contributed by atoms with Crippen molar-refractivity contribution in [2.24, 2.45) is 5.73 Å². The molecule has 0 aliphatic carbocycles. The van der Waals surface area contributed by atoms with Crippen molar-refractivity contribution in [1.82, 2.24) is 4.72 Å². The van der Waals surface area contributed by atoms with E-state index in [0.29, 0.717) is 12.1 Å². The fraction of sp³-hybridized carbons (Fsp3) is 0.353. The number of hydrogen-bond donors (Lipinski definition) is 3. The second kappa shape index (κ2) is 9.10. The molecule has 136 valence electrons. The Hall–Kier alpha value is -1.74. The van der Waals surface area contributed by atoms with Crippen molar-refractivity contribution in [1.29, 1.82) is 0 Å². The van der Waals surface area contributed by atoms with Crippen molar-refractivity contribution in [2.75, 3.05) is 18.4 Å². The zero-order valence-electron chi connectivity index (χ0n) is 14.1. The summed E-state index contributed by atoms with van der Waals surface area (Å²) in [7, 11) is -3.61. The van der Waals surface area contributed by atoms with Crippen molar-refractivity contribution in [3.63, 3.8) is 0 Å². The van der Waals surface area contributed by atoms with E-state index in [-0.39, 0.29) is 23.9 Å². The molecule has 0 fully saturated rings. The summed E-state index contributed by atoms with van der Waals surface area (Å²) >= 11 is 1.74. The van der Waals surface area contributed by atoms with Gasteiger partial charge < -0.3 is 11.1 Å². The molecule has 0 saturated carbocycles. The number of carbonyl (C=O) groups is 1.